The topological polar surface area (TPSA) is 198 Å². The molecule has 0 bridgehead atoms. The number of aromatic nitrogens is 2. The summed E-state index contributed by atoms with van der Waals surface area (Å²) in [7, 11) is 1.52. The summed E-state index contributed by atoms with van der Waals surface area (Å²) in [5.41, 5.74) is 0.484. The van der Waals surface area contributed by atoms with E-state index in [4.69, 9.17) is 9.47 Å². The first-order valence-electron chi connectivity index (χ1n) is 17.9. The van der Waals surface area contributed by atoms with Crippen molar-refractivity contribution in [1.29, 1.82) is 0 Å². The van der Waals surface area contributed by atoms with Gasteiger partial charge in [0.25, 0.3) is 11.8 Å². The number of Topliss-reactive ketones (excluding diaryl/α,β-unsaturated/α-hetero) is 1. The first kappa shape index (κ1) is 40.0. The molecule has 7 atom stereocenters. The number of rotatable bonds is 17. The molecule has 1 saturated heterocycles. The van der Waals surface area contributed by atoms with Gasteiger partial charge in [-0.2, -0.15) is 0 Å². The van der Waals surface area contributed by atoms with E-state index in [2.05, 4.69) is 31.2 Å². The molecular formula is C37H51N7O8. The number of carbonyl (C=O) groups excluding carboxylic acids is 6. The highest BCUT2D eigenvalue weighted by atomic mass is 16.7. The molecule has 4 rings (SSSR count). The molecule has 1 aromatic carbocycles. The zero-order valence-electron chi connectivity index (χ0n) is 30.7. The molecular weight excluding hydrogens is 670 g/mol. The van der Waals surface area contributed by atoms with Crippen LogP contribution in [0.3, 0.4) is 0 Å². The van der Waals surface area contributed by atoms with Gasteiger partial charge in [0.15, 0.2) is 0 Å². The van der Waals surface area contributed by atoms with Gasteiger partial charge in [-0.15, -0.1) is 0 Å². The van der Waals surface area contributed by atoms with E-state index < -0.39 is 65.4 Å². The molecule has 5 amide bonds. The van der Waals surface area contributed by atoms with E-state index in [1.54, 1.807) is 58.0 Å². The van der Waals surface area contributed by atoms with Crippen molar-refractivity contribution in [2.24, 2.45) is 23.7 Å². The van der Waals surface area contributed by atoms with Gasteiger partial charge in [0, 0.05) is 37.7 Å². The molecule has 1 aliphatic heterocycles. The minimum Gasteiger partial charge on any atom is -0.359 e. The van der Waals surface area contributed by atoms with Gasteiger partial charge in [0.1, 0.15) is 30.6 Å². The molecule has 15 heteroatoms. The average Bonchev–Trinajstić information content (AvgIpc) is 3.71. The Labute approximate surface area is 304 Å². The van der Waals surface area contributed by atoms with Crippen LogP contribution >= 0.6 is 0 Å². The minimum absolute atomic E-state index is 0.0394. The van der Waals surface area contributed by atoms with Crippen LogP contribution in [0.4, 0.5) is 5.69 Å². The van der Waals surface area contributed by atoms with Crippen molar-refractivity contribution < 1.29 is 38.2 Å². The predicted molar refractivity (Wildman–Crippen MR) is 190 cm³/mol. The monoisotopic (exact) mass is 721 g/mol. The number of nitrogens with one attached hydrogen (secondary N) is 4. The zero-order chi connectivity index (χ0) is 37.9. The summed E-state index contributed by atoms with van der Waals surface area (Å²) in [6, 6.07) is 4.37. The summed E-state index contributed by atoms with van der Waals surface area (Å²) in [6.07, 6.45) is 5.75. The Kier molecular flexibility index (Phi) is 14.4. The molecule has 0 radical (unpaired) electrons. The van der Waals surface area contributed by atoms with Crippen molar-refractivity contribution in [3.05, 3.63) is 54.6 Å². The maximum absolute atomic E-state index is 14.5. The van der Waals surface area contributed by atoms with E-state index in [1.807, 2.05) is 6.92 Å². The lowest BCUT2D eigenvalue weighted by atomic mass is 9.92. The second kappa shape index (κ2) is 18.6. The Morgan fingerprint density at radius 2 is 1.62 bits per heavy atom. The number of hydrogen-bond acceptors (Lipinski definition) is 10. The van der Waals surface area contributed by atoms with Gasteiger partial charge >= 0.3 is 0 Å². The molecule has 2 aliphatic rings. The van der Waals surface area contributed by atoms with Crippen molar-refractivity contribution in [3.8, 4) is 0 Å². The molecule has 15 nitrogen and oxygen atoms in total. The van der Waals surface area contributed by atoms with Gasteiger partial charge < -0.3 is 35.6 Å². The second-order valence-corrected chi connectivity index (χ2v) is 14.0. The van der Waals surface area contributed by atoms with Gasteiger partial charge in [-0.1, -0.05) is 59.2 Å². The van der Waals surface area contributed by atoms with E-state index >= 15 is 0 Å². The van der Waals surface area contributed by atoms with Crippen molar-refractivity contribution in [2.75, 3.05) is 25.8 Å². The molecule has 2 aromatic rings. The third kappa shape index (κ3) is 9.76. The number of ether oxygens (including phenoxy) is 2. The van der Waals surface area contributed by atoms with Crippen molar-refractivity contribution in [1.82, 2.24) is 30.8 Å². The maximum Gasteiger partial charge on any atom is 0.293 e. The fraction of sp³-hybridized carbons (Fsp3) is 0.568. The van der Waals surface area contributed by atoms with E-state index in [0.717, 1.165) is 0 Å². The van der Waals surface area contributed by atoms with Crippen LogP contribution in [-0.4, -0.2) is 101 Å². The highest BCUT2D eigenvalue weighted by Gasteiger charge is 2.55. The fourth-order valence-corrected chi connectivity index (χ4v) is 6.99. The molecule has 4 N–H and O–H groups in total. The average molecular weight is 722 g/mol. The summed E-state index contributed by atoms with van der Waals surface area (Å²) in [5, 5.41) is 10.9. The Hall–Kier alpha value is -4.76. The lowest BCUT2D eigenvalue weighted by molar-refractivity contribution is -0.144. The van der Waals surface area contributed by atoms with E-state index in [9.17, 15) is 28.8 Å². The molecule has 2 fully saturated rings. The first-order chi connectivity index (χ1) is 24.9. The number of benzene rings is 1. The number of nitrogens with zero attached hydrogens (tertiary/aromatic N) is 3. The maximum atomic E-state index is 14.5. The van der Waals surface area contributed by atoms with E-state index in [1.165, 1.54) is 30.6 Å². The Morgan fingerprint density at radius 3 is 2.23 bits per heavy atom. The van der Waals surface area contributed by atoms with Crippen molar-refractivity contribution >= 4 is 41.0 Å². The van der Waals surface area contributed by atoms with Gasteiger partial charge in [-0.05, 0) is 49.1 Å². The molecule has 0 spiro atoms. The third-order valence-corrected chi connectivity index (χ3v) is 9.64. The van der Waals surface area contributed by atoms with Crippen molar-refractivity contribution in [3.63, 3.8) is 0 Å². The van der Waals surface area contributed by atoms with Crippen LogP contribution in [0.5, 0.6) is 0 Å². The SMILES string of the molecule is CCCC(NC(=O)[C@@H]1C2CCC(OCOC)C2CN1C(=O)[C@@H](NC(=O)[C@@H](NC(=O)c1cnccn1)C(C)C)C(C)C)C(=O)C(=O)Nc1ccccc1. The molecule has 2 heterocycles. The highest BCUT2D eigenvalue weighted by Crippen LogP contribution is 2.44. The molecule has 4 unspecified atom stereocenters. The van der Waals surface area contributed by atoms with Crippen LogP contribution < -0.4 is 21.3 Å². The van der Waals surface area contributed by atoms with Crippen LogP contribution in [0.2, 0.25) is 0 Å². The van der Waals surface area contributed by atoms with Gasteiger partial charge in [-0.25, -0.2) is 4.98 Å². The molecule has 1 aliphatic carbocycles. The second-order valence-electron chi connectivity index (χ2n) is 14.0. The number of carbonyl (C=O) groups is 6. The number of methoxy groups -OCH3 is 1. The van der Waals surface area contributed by atoms with E-state index in [-0.39, 0.29) is 49.3 Å². The fourth-order valence-electron chi connectivity index (χ4n) is 6.99. The van der Waals surface area contributed by atoms with Crippen molar-refractivity contribution in [2.45, 2.75) is 90.6 Å². The highest BCUT2D eigenvalue weighted by molar-refractivity contribution is 6.42. The van der Waals surface area contributed by atoms with Gasteiger partial charge in [0.2, 0.25) is 23.5 Å². The number of ketones is 1. The Morgan fingerprint density at radius 1 is 0.904 bits per heavy atom. The standard InChI is InChI=1S/C37H51N7O8/c1-7-11-26(32(45)36(49)40-23-12-9-8-10-13-23)41-35(48)31-24-14-15-28(52-20-51-6)25(24)19-44(31)37(50)30(22(4)5)43-34(47)29(21(2)3)42-33(46)27-18-38-16-17-39-27/h8-10,12-13,16-18,21-22,24-26,28-31H,7,11,14-15,19-20H2,1-6H3,(H,40,49)(H,41,48)(H,42,46)(H,43,47)/t24?,25?,26?,28?,29-,30-,31-/m0/s1. The van der Waals surface area contributed by atoms with Crippen LogP contribution in [0.15, 0.2) is 48.9 Å². The third-order valence-electron chi connectivity index (χ3n) is 9.64. The summed E-state index contributed by atoms with van der Waals surface area (Å²) in [6.45, 7) is 9.16. The zero-order valence-corrected chi connectivity index (χ0v) is 30.7. The summed E-state index contributed by atoms with van der Waals surface area (Å²) in [5.74, 6) is -5.12. The number of anilines is 1. The molecule has 52 heavy (non-hydrogen) atoms. The molecule has 1 saturated carbocycles. The Balaban J connectivity index is 1.57. The van der Waals surface area contributed by atoms with Crippen LogP contribution in [0.25, 0.3) is 0 Å². The normalized spacial score (nSPS) is 21.2. The number of likely N-dealkylation sites (tertiary alicyclic amines) is 1. The first-order valence-corrected chi connectivity index (χ1v) is 17.9. The van der Waals surface area contributed by atoms with Crippen LogP contribution in [0.1, 0.15) is 70.8 Å². The lowest BCUT2D eigenvalue weighted by Gasteiger charge is -2.34. The Bertz CT molecular complexity index is 1560. The molecule has 282 valence electrons. The number of para-hydroxylation sites is 1. The summed E-state index contributed by atoms with van der Waals surface area (Å²) >= 11 is 0. The lowest BCUT2D eigenvalue weighted by Crippen LogP contribution is -2.60. The summed E-state index contributed by atoms with van der Waals surface area (Å²) in [4.78, 5) is 91.1. The van der Waals surface area contributed by atoms with Crippen LogP contribution in [-0.2, 0) is 33.4 Å². The largest absolute Gasteiger partial charge is 0.359 e. The minimum atomic E-state index is -1.12. The van der Waals surface area contributed by atoms with E-state index in [0.29, 0.717) is 24.9 Å². The van der Waals surface area contributed by atoms with Crippen LogP contribution in [0, 0.1) is 23.7 Å². The quantitative estimate of drug-likeness (QED) is 0.139. The number of fused-ring (bicyclic) bond motifs is 1. The number of amides is 5. The smallest absolute Gasteiger partial charge is 0.293 e. The predicted octanol–water partition coefficient (Wildman–Crippen LogP) is 2.09. The van der Waals surface area contributed by atoms with Gasteiger partial charge in [-0.3, -0.25) is 33.8 Å². The molecule has 1 aromatic heterocycles. The summed E-state index contributed by atoms with van der Waals surface area (Å²) < 4.78 is 11.1. The van der Waals surface area contributed by atoms with Gasteiger partial charge in [0.05, 0.1) is 18.3 Å². The number of hydrogen-bond donors (Lipinski definition) is 4.